The van der Waals surface area contributed by atoms with Crippen molar-refractivity contribution < 1.29 is 13.2 Å². The fraction of sp³-hybridized carbons (Fsp3) is 0.647. The molecule has 1 unspecified atom stereocenters. The van der Waals surface area contributed by atoms with Gasteiger partial charge in [0.15, 0.2) is 0 Å². The van der Waals surface area contributed by atoms with Gasteiger partial charge in [0.25, 0.3) is 0 Å². The van der Waals surface area contributed by atoms with E-state index in [4.69, 9.17) is 0 Å². The molecule has 0 aliphatic heterocycles. The molecule has 114 valence electrons. The van der Waals surface area contributed by atoms with Crippen molar-refractivity contribution >= 4 is 0 Å². The van der Waals surface area contributed by atoms with Crippen molar-refractivity contribution in [3.05, 3.63) is 34.9 Å². The summed E-state index contributed by atoms with van der Waals surface area (Å²) in [6.07, 6.45) is -4.18. The lowest BCUT2D eigenvalue weighted by Gasteiger charge is -2.36. The standard InChI is InChI=1S/C17H25F3/c1-7-16(6,17(18,19)20)15-13(11(2)3)9-8-10-14(15)12(4)5/h8-12H,7H2,1-6H3. The summed E-state index contributed by atoms with van der Waals surface area (Å²) in [5, 5.41) is 0. The van der Waals surface area contributed by atoms with Crippen molar-refractivity contribution in [2.75, 3.05) is 0 Å². The van der Waals surface area contributed by atoms with E-state index in [1.165, 1.54) is 6.92 Å². The first-order valence-corrected chi connectivity index (χ1v) is 7.26. The number of hydrogen-bond acceptors (Lipinski definition) is 0. The lowest BCUT2D eigenvalue weighted by atomic mass is 9.71. The van der Waals surface area contributed by atoms with E-state index < -0.39 is 11.6 Å². The maximum Gasteiger partial charge on any atom is 0.398 e. The van der Waals surface area contributed by atoms with E-state index >= 15 is 0 Å². The number of benzene rings is 1. The van der Waals surface area contributed by atoms with Crippen LogP contribution in [0.3, 0.4) is 0 Å². The highest BCUT2D eigenvalue weighted by atomic mass is 19.4. The molecule has 0 N–H and O–H groups in total. The Morgan fingerprint density at radius 3 is 1.60 bits per heavy atom. The molecule has 0 amide bonds. The van der Waals surface area contributed by atoms with Gasteiger partial charge in [-0.05, 0) is 41.9 Å². The summed E-state index contributed by atoms with van der Waals surface area (Å²) in [5.74, 6) is 0.161. The van der Waals surface area contributed by atoms with Crippen molar-refractivity contribution in [1.82, 2.24) is 0 Å². The average molecular weight is 286 g/mol. The van der Waals surface area contributed by atoms with Crippen LogP contribution in [0, 0.1) is 0 Å². The lowest BCUT2D eigenvalue weighted by molar-refractivity contribution is -0.187. The van der Waals surface area contributed by atoms with Crippen molar-refractivity contribution in [3.63, 3.8) is 0 Å². The Bertz CT molecular complexity index is 432. The number of alkyl halides is 3. The minimum absolute atomic E-state index is 0.0555. The first-order valence-electron chi connectivity index (χ1n) is 7.26. The lowest BCUT2D eigenvalue weighted by Crippen LogP contribution is -2.41. The van der Waals surface area contributed by atoms with E-state index in [1.54, 1.807) is 6.92 Å². The van der Waals surface area contributed by atoms with Gasteiger partial charge < -0.3 is 0 Å². The Hall–Kier alpha value is -0.990. The number of halogens is 3. The van der Waals surface area contributed by atoms with Gasteiger partial charge in [-0.25, -0.2) is 0 Å². The fourth-order valence-corrected chi connectivity index (χ4v) is 2.71. The van der Waals surface area contributed by atoms with Crippen LogP contribution in [0.2, 0.25) is 0 Å². The summed E-state index contributed by atoms with van der Waals surface area (Å²) < 4.78 is 41.0. The quantitative estimate of drug-likeness (QED) is 0.621. The summed E-state index contributed by atoms with van der Waals surface area (Å²) in [6.45, 7) is 10.8. The molecule has 0 aliphatic rings. The first-order chi connectivity index (χ1) is 9.06. The second kappa shape index (κ2) is 5.79. The van der Waals surface area contributed by atoms with Crippen molar-refractivity contribution in [1.29, 1.82) is 0 Å². The van der Waals surface area contributed by atoms with Crippen molar-refractivity contribution in [3.8, 4) is 0 Å². The highest BCUT2D eigenvalue weighted by molar-refractivity contribution is 5.45. The molecule has 0 fully saturated rings. The normalized spacial score (nSPS) is 15.8. The van der Waals surface area contributed by atoms with Crippen LogP contribution in [-0.4, -0.2) is 6.18 Å². The Labute approximate surface area is 120 Å². The molecule has 0 radical (unpaired) electrons. The molecule has 1 atom stereocenters. The van der Waals surface area contributed by atoms with Gasteiger partial charge in [0, 0.05) is 0 Å². The zero-order valence-corrected chi connectivity index (χ0v) is 13.2. The molecule has 0 aliphatic carbocycles. The third kappa shape index (κ3) is 2.87. The molecule has 0 nitrogen and oxygen atoms in total. The smallest absolute Gasteiger partial charge is 0.170 e. The van der Waals surface area contributed by atoms with Gasteiger partial charge >= 0.3 is 6.18 Å². The Balaban J connectivity index is 3.70. The van der Waals surface area contributed by atoms with Crippen LogP contribution in [-0.2, 0) is 5.41 Å². The zero-order valence-electron chi connectivity index (χ0n) is 13.2. The first kappa shape index (κ1) is 17.1. The van der Waals surface area contributed by atoms with Gasteiger partial charge in [-0.3, -0.25) is 0 Å². The predicted octanol–water partition coefficient (Wildman–Crippen LogP) is 6.16. The van der Waals surface area contributed by atoms with Gasteiger partial charge in [-0.15, -0.1) is 0 Å². The molecule has 3 heteroatoms. The van der Waals surface area contributed by atoms with Crippen LogP contribution in [0.25, 0.3) is 0 Å². The third-order valence-electron chi connectivity index (χ3n) is 4.26. The van der Waals surface area contributed by atoms with Crippen LogP contribution in [0.1, 0.15) is 76.5 Å². The number of hydrogen-bond donors (Lipinski definition) is 0. The van der Waals surface area contributed by atoms with E-state index in [0.717, 1.165) is 11.1 Å². The van der Waals surface area contributed by atoms with E-state index in [2.05, 4.69) is 0 Å². The third-order valence-corrected chi connectivity index (χ3v) is 4.26. The molecule has 0 spiro atoms. The molecule has 0 saturated carbocycles. The fourth-order valence-electron chi connectivity index (χ4n) is 2.71. The van der Waals surface area contributed by atoms with Gasteiger partial charge in [0.2, 0.25) is 0 Å². The summed E-state index contributed by atoms with van der Waals surface area (Å²) in [7, 11) is 0. The van der Waals surface area contributed by atoms with E-state index in [1.807, 2.05) is 45.9 Å². The van der Waals surface area contributed by atoms with Crippen LogP contribution in [0.15, 0.2) is 18.2 Å². The molecule has 20 heavy (non-hydrogen) atoms. The predicted molar refractivity (Wildman–Crippen MR) is 78.3 cm³/mol. The van der Waals surface area contributed by atoms with Gasteiger partial charge in [-0.2, -0.15) is 13.2 Å². The highest BCUT2D eigenvalue weighted by Gasteiger charge is 2.52. The minimum Gasteiger partial charge on any atom is -0.170 e. The zero-order chi connectivity index (χ0) is 15.7. The molecule has 0 heterocycles. The molecule has 0 aromatic heterocycles. The highest BCUT2D eigenvalue weighted by Crippen LogP contribution is 2.48. The van der Waals surface area contributed by atoms with E-state index in [-0.39, 0.29) is 18.3 Å². The average Bonchev–Trinajstić information content (AvgIpc) is 2.35. The van der Waals surface area contributed by atoms with Gasteiger partial charge in [0.05, 0.1) is 5.41 Å². The van der Waals surface area contributed by atoms with Crippen LogP contribution in [0.5, 0.6) is 0 Å². The molecule has 1 aromatic carbocycles. The van der Waals surface area contributed by atoms with Crippen LogP contribution in [0.4, 0.5) is 13.2 Å². The van der Waals surface area contributed by atoms with Crippen molar-refractivity contribution in [2.45, 2.75) is 71.4 Å². The monoisotopic (exact) mass is 286 g/mol. The summed E-state index contributed by atoms with van der Waals surface area (Å²) in [5.41, 5.74) is 0.337. The molecule has 1 rings (SSSR count). The second-order valence-corrected chi connectivity index (χ2v) is 6.30. The summed E-state index contributed by atoms with van der Waals surface area (Å²) in [6, 6.07) is 5.55. The maximum absolute atomic E-state index is 13.7. The molecular weight excluding hydrogens is 261 g/mol. The molecule has 0 saturated heterocycles. The van der Waals surface area contributed by atoms with E-state index in [0.29, 0.717) is 5.56 Å². The van der Waals surface area contributed by atoms with Crippen LogP contribution >= 0.6 is 0 Å². The largest absolute Gasteiger partial charge is 0.398 e. The van der Waals surface area contributed by atoms with Crippen molar-refractivity contribution in [2.24, 2.45) is 0 Å². The number of rotatable bonds is 4. The molecule has 0 bridgehead atoms. The van der Waals surface area contributed by atoms with E-state index in [9.17, 15) is 13.2 Å². The molecular formula is C17H25F3. The minimum atomic E-state index is -4.24. The second-order valence-electron chi connectivity index (χ2n) is 6.30. The SMILES string of the molecule is CCC(C)(c1c(C(C)C)cccc1C(C)C)C(F)(F)F. The molecule has 1 aromatic rings. The van der Waals surface area contributed by atoms with Gasteiger partial charge in [-0.1, -0.05) is 52.8 Å². The van der Waals surface area contributed by atoms with Crippen LogP contribution < -0.4 is 0 Å². The maximum atomic E-state index is 13.7. The summed E-state index contributed by atoms with van der Waals surface area (Å²) in [4.78, 5) is 0. The topological polar surface area (TPSA) is 0 Å². The Morgan fingerprint density at radius 1 is 0.950 bits per heavy atom. The Morgan fingerprint density at radius 2 is 1.35 bits per heavy atom. The summed E-state index contributed by atoms with van der Waals surface area (Å²) >= 11 is 0. The Kier molecular flexibility index (Phi) is 4.94. The van der Waals surface area contributed by atoms with Gasteiger partial charge in [0.1, 0.15) is 0 Å².